The van der Waals surface area contributed by atoms with Crippen molar-refractivity contribution in [1.82, 2.24) is 9.78 Å². The number of carbonyl (C=O) groups excluding carboxylic acids is 1. The van der Waals surface area contributed by atoms with Gasteiger partial charge in [0.1, 0.15) is 0 Å². The number of carbonyl (C=O) groups is 1. The van der Waals surface area contributed by atoms with Gasteiger partial charge in [0.2, 0.25) is 0 Å². The zero-order valence-corrected chi connectivity index (χ0v) is 12.8. The fourth-order valence-corrected chi connectivity index (χ4v) is 2.34. The second kappa shape index (κ2) is 6.22. The van der Waals surface area contributed by atoms with Crippen molar-refractivity contribution < 1.29 is 4.79 Å². The molecular weight excluding hydrogens is 321 g/mol. The van der Waals surface area contributed by atoms with E-state index in [9.17, 15) is 4.79 Å². The van der Waals surface area contributed by atoms with E-state index >= 15 is 0 Å². The molecule has 6 heteroatoms. The molecule has 22 heavy (non-hydrogen) atoms. The maximum atomic E-state index is 12.4. The van der Waals surface area contributed by atoms with E-state index < -0.39 is 0 Å². The molecule has 3 aromatic rings. The van der Waals surface area contributed by atoms with E-state index in [4.69, 9.17) is 23.2 Å². The lowest BCUT2D eigenvalue weighted by Gasteiger charge is -2.09. The van der Waals surface area contributed by atoms with Gasteiger partial charge in [-0.1, -0.05) is 29.3 Å². The molecule has 1 aromatic heterocycles. The van der Waals surface area contributed by atoms with E-state index in [1.165, 1.54) is 0 Å². The molecule has 1 N–H and O–H groups in total. The molecule has 0 saturated heterocycles. The predicted octanol–water partition coefficient (Wildman–Crippen LogP) is 4.43. The maximum Gasteiger partial charge on any atom is 0.255 e. The number of aromatic nitrogens is 2. The van der Waals surface area contributed by atoms with E-state index in [1.54, 1.807) is 47.3 Å². The van der Waals surface area contributed by atoms with Crippen LogP contribution in [0.2, 0.25) is 10.0 Å². The highest BCUT2D eigenvalue weighted by Crippen LogP contribution is 2.26. The van der Waals surface area contributed by atoms with Crippen LogP contribution in [-0.4, -0.2) is 15.7 Å². The highest BCUT2D eigenvalue weighted by atomic mass is 35.5. The van der Waals surface area contributed by atoms with Gasteiger partial charge in [-0.15, -0.1) is 0 Å². The maximum absolute atomic E-state index is 12.4. The Morgan fingerprint density at radius 3 is 2.73 bits per heavy atom. The van der Waals surface area contributed by atoms with E-state index in [1.807, 2.05) is 18.3 Å². The lowest BCUT2D eigenvalue weighted by atomic mass is 10.2. The zero-order valence-electron chi connectivity index (χ0n) is 11.3. The van der Waals surface area contributed by atoms with Crippen LogP contribution in [0.15, 0.2) is 60.9 Å². The molecule has 4 nitrogen and oxygen atoms in total. The fourth-order valence-electron chi connectivity index (χ4n) is 2.00. The second-order valence-corrected chi connectivity index (χ2v) is 5.42. The van der Waals surface area contributed by atoms with Crippen molar-refractivity contribution in [3.05, 3.63) is 76.5 Å². The van der Waals surface area contributed by atoms with Crippen LogP contribution in [0, 0.1) is 0 Å². The third-order valence-electron chi connectivity index (χ3n) is 3.05. The molecule has 3 rings (SSSR count). The van der Waals surface area contributed by atoms with Gasteiger partial charge < -0.3 is 5.32 Å². The van der Waals surface area contributed by atoms with Crippen LogP contribution >= 0.6 is 23.2 Å². The van der Waals surface area contributed by atoms with Gasteiger partial charge in [0.15, 0.2) is 0 Å². The average molecular weight is 332 g/mol. The van der Waals surface area contributed by atoms with Gasteiger partial charge in [0, 0.05) is 23.0 Å². The first-order valence-electron chi connectivity index (χ1n) is 6.50. The minimum absolute atomic E-state index is 0.266. The van der Waals surface area contributed by atoms with E-state index in [0.29, 0.717) is 21.3 Å². The summed E-state index contributed by atoms with van der Waals surface area (Å²) < 4.78 is 1.68. The standard InChI is InChI=1S/C16H11Cl2N3O/c17-12-5-6-14(18)15(10-12)20-16(22)11-3-1-4-13(9-11)21-8-2-7-19-21/h1-10H,(H,20,22). The number of anilines is 1. The number of nitrogens with one attached hydrogen (secondary N) is 1. The van der Waals surface area contributed by atoms with Crippen molar-refractivity contribution in [2.75, 3.05) is 5.32 Å². The minimum atomic E-state index is -0.266. The second-order valence-electron chi connectivity index (χ2n) is 4.58. The van der Waals surface area contributed by atoms with Crippen LogP contribution in [0.3, 0.4) is 0 Å². The highest BCUT2D eigenvalue weighted by Gasteiger charge is 2.10. The van der Waals surface area contributed by atoms with Gasteiger partial charge in [-0.3, -0.25) is 4.79 Å². The molecule has 0 radical (unpaired) electrons. The van der Waals surface area contributed by atoms with Crippen LogP contribution in [0.25, 0.3) is 5.69 Å². The van der Waals surface area contributed by atoms with Crippen molar-refractivity contribution in [3.63, 3.8) is 0 Å². The molecule has 0 fully saturated rings. The summed E-state index contributed by atoms with van der Waals surface area (Å²) in [5.74, 6) is -0.266. The molecule has 0 bridgehead atoms. The topological polar surface area (TPSA) is 46.9 Å². The first kappa shape index (κ1) is 14.6. The monoisotopic (exact) mass is 331 g/mol. The lowest BCUT2D eigenvalue weighted by molar-refractivity contribution is 0.102. The van der Waals surface area contributed by atoms with Gasteiger partial charge in [0.25, 0.3) is 5.91 Å². The summed E-state index contributed by atoms with van der Waals surface area (Å²) in [7, 11) is 0. The van der Waals surface area contributed by atoms with Crippen LogP contribution in [-0.2, 0) is 0 Å². The zero-order chi connectivity index (χ0) is 15.5. The van der Waals surface area contributed by atoms with Gasteiger partial charge in [0.05, 0.1) is 16.4 Å². The molecule has 110 valence electrons. The van der Waals surface area contributed by atoms with Crippen molar-refractivity contribution in [3.8, 4) is 5.69 Å². The SMILES string of the molecule is O=C(Nc1cc(Cl)ccc1Cl)c1cccc(-n2cccn2)c1. The number of rotatable bonds is 3. The molecule has 0 aliphatic rings. The smallest absolute Gasteiger partial charge is 0.255 e. The Labute approximate surface area is 137 Å². The van der Waals surface area contributed by atoms with Gasteiger partial charge in [-0.2, -0.15) is 5.10 Å². The van der Waals surface area contributed by atoms with Gasteiger partial charge in [-0.05, 0) is 42.5 Å². The summed E-state index contributed by atoms with van der Waals surface area (Å²) in [4.78, 5) is 12.4. The van der Waals surface area contributed by atoms with Crippen LogP contribution in [0.1, 0.15) is 10.4 Å². The summed E-state index contributed by atoms with van der Waals surface area (Å²) in [5.41, 5.74) is 1.78. The molecule has 0 atom stereocenters. The van der Waals surface area contributed by atoms with E-state index in [2.05, 4.69) is 10.4 Å². The predicted molar refractivity (Wildman–Crippen MR) is 88.0 cm³/mol. The van der Waals surface area contributed by atoms with Gasteiger partial charge >= 0.3 is 0 Å². The molecule has 0 aliphatic heterocycles. The lowest BCUT2D eigenvalue weighted by Crippen LogP contribution is -2.12. The Kier molecular flexibility index (Phi) is 4.13. The Morgan fingerprint density at radius 1 is 1.09 bits per heavy atom. The molecule has 0 aliphatic carbocycles. The van der Waals surface area contributed by atoms with E-state index in [0.717, 1.165) is 5.69 Å². The number of amides is 1. The first-order chi connectivity index (χ1) is 10.6. The fraction of sp³-hybridized carbons (Fsp3) is 0. The van der Waals surface area contributed by atoms with Crippen molar-refractivity contribution >= 4 is 34.8 Å². The Balaban J connectivity index is 1.86. The first-order valence-corrected chi connectivity index (χ1v) is 7.25. The molecule has 1 heterocycles. The number of hydrogen-bond donors (Lipinski definition) is 1. The Bertz CT molecular complexity index is 816. The van der Waals surface area contributed by atoms with Crippen molar-refractivity contribution in [2.24, 2.45) is 0 Å². The average Bonchev–Trinajstić information content (AvgIpc) is 3.05. The number of nitrogens with zero attached hydrogens (tertiary/aromatic N) is 2. The normalized spacial score (nSPS) is 10.5. The summed E-state index contributed by atoms with van der Waals surface area (Å²) in [6.45, 7) is 0. The third-order valence-corrected chi connectivity index (χ3v) is 3.62. The summed E-state index contributed by atoms with van der Waals surface area (Å²) >= 11 is 12.0. The number of benzene rings is 2. The Morgan fingerprint density at radius 2 is 1.95 bits per heavy atom. The molecule has 0 saturated carbocycles. The molecule has 0 unspecified atom stereocenters. The van der Waals surface area contributed by atoms with Crippen LogP contribution < -0.4 is 5.32 Å². The molecular formula is C16H11Cl2N3O. The largest absolute Gasteiger partial charge is 0.321 e. The molecule has 2 aromatic carbocycles. The number of hydrogen-bond acceptors (Lipinski definition) is 2. The highest BCUT2D eigenvalue weighted by molar-refractivity contribution is 6.35. The van der Waals surface area contributed by atoms with Crippen molar-refractivity contribution in [2.45, 2.75) is 0 Å². The van der Waals surface area contributed by atoms with Crippen molar-refractivity contribution in [1.29, 1.82) is 0 Å². The number of halogens is 2. The minimum Gasteiger partial charge on any atom is -0.321 e. The Hall–Kier alpha value is -2.30. The third kappa shape index (κ3) is 3.13. The summed E-state index contributed by atoms with van der Waals surface area (Å²) in [5, 5.41) is 7.83. The summed E-state index contributed by atoms with van der Waals surface area (Å²) in [6, 6.07) is 13.9. The summed E-state index contributed by atoms with van der Waals surface area (Å²) in [6.07, 6.45) is 3.49. The van der Waals surface area contributed by atoms with Gasteiger partial charge in [-0.25, -0.2) is 4.68 Å². The van der Waals surface area contributed by atoms with Crippen LogP contribution in [0.4, 0.5) is 5.69 Å². The van der Waals surface area contributed by atoms with Crippen LogP contribution in [0.5, 0.6) is 0 Å². The molecule has 0 spiro atoms. The molecule has 1 amide bonds. The quantitative estimate of drug-likeness (QED) is 0.771. The van der Waals surface area contributed by atoms with E-state index in [-0.39, 0.29) is 5.91 Å².